The zero-order chi connectivity index (χ0) is 17.1. The van der Waals surface area contributed by atoms with Crippen LogP contribution < -0.4 is 5.32 Å². The molecule has 1 amide bonds. The van der Waals surface area contributed by atoms with Gasteiger partial charge in [0.2, 0.25) is 0 Å². The molecule has 1 aliphatic carbocycles. The summed E-state index contributed by atoms with van der Waals surface area (Å²) >= 11 is 0. The average Bonchev–Trinajstić information content (AvgIpc) is 3.38. The van der Waals surface area contributed by atoms with Gasteiger partial charge in [-0.15, -0.1) is 0 Å². The summed E-state index contributed by atoms with van der Waals surface area (Å²) in [7, 11) is 0. The second kappa shape index (κ2) is 7.12. The highest BCUT2D eigenvalue weighted by Gasteiger charge is 2.28. The second-order valence-electron chi connectivity index (χ2n) is 6.65. The summed E-state index contributed by atoms with van der Waals surface area (Å²) in [5.74, 6) is 7.22. The lowest BCUT2D eigenvalue weighted by Crippen LogP contribution is -2.31. The Labute approximate surface area is 147 Å². The molecule has 0 atom stereocenters. The number of aromatic nitrogens is 1. The summed E-state index contributed by atoms with van der Waals surface area (Å²) < 4.78 is 5.19. The van der Waals surface area contributed by atoms with Crippen LogP contribution >= 0.6 is 0 Å². The number of benzene rings is 1. The lowest BCUT2D eigenvalue weighted by molar-refractivity contribution is 0.0949. The van der Waals surface area contributed by atoms with Crippen LogP contribution in [0.3, 0.4) is 0 Å². The molecule has 2 aliphatic rings. The van der Waals surface area contributed by atoms with Crippen molar-refractivity contribution in [3.8, 4) is 11.8 Å². The van der Waals surface area contributed by atoms with E-state index in [1.807, 2.05) is 0 Å². The van der Waals surface area contributed by atoms with Gasteiger partial charge in [-0.05, 0) is 30.4 Å². The molecule has 128 valence electrons. The fourth-order valence-electron chi connectivity index (χ4n) is 3.09. The van der Waals surface area contributed by atoms with E-state index in [1.54, 1.807) is 6.07 Å². The van der Waals surface area contributed by atoms with Crippen LogP contribution in [0.5, 0.6) is 0 Å². The molecule has 0 bridgehead atoms. The molecular formula is C20H21N3O2. The van der Waals surface area contributed by atoms with E-state index < -0.39 is 0 Å². The van der Waals surface area contributed by atoms with Crippen LogP contribution in [0.2, 0.25) is 0 Å². The molecule has 1 aliphatic heterocycles. The normalized spacial score (nSPS) is 16.6. The molecule has 0 radical (unpaired) electrons. The molecular weight excluding hydrogens is 314 g/mol. The van der Waals surface area contributed by atoms with Gasteiger partial charge in [-0.1, -0.05) is 41.3 Å². The SMILES string of the molecule is O=C(NCC#CCN1CCc2ccccc2C1)c1cc(C2CC2)on1. The number of amides is 1. The van der Waals surface area contributed by atoms with E-state index in [9.17, 15) is 4.79 Å². The van der Waals surface area contributed by atoms with E-state index in [1.165, 1.54) is 11.1 Å². The van der Waals surface area contributed by atoms with Crippen molar-refractivity contribution in [2.45, 2.75) is 31.7 Å². The lowest BCUT2D eigenvalue weighted by Gasteiger charge is -2.26. The molecule has 2 heterocycles. The molecule has 0 unspecified atom stereocenters. The Kier molecular flexibility index (Phi) is 4.53. The topological polar surface area (TPSA) is 58.4 Å². The number of nitrogens with zero attached hydrogens (tertiary/aromatic N) is 2. The zero-order valence-electron chi connectivity index (χ0n) is 14.1. The van der Waals surface area contributed by atoms with Crippen molar-refractivity contribution in [1.29, 1.82) is 0 Å². The molecule has 2 aromatic rings. The molecule has 1 saturated carbocycles. The molecule has 4 rings (SSSR count). The molecule has 1 aromatic carbocycles. The van der Waals surface area contributed by atoms with Gasteiger partial charge in [-0.25, -0.2) is 0 Å². The van der Waals surface area contributed by atoms with Gasteiger partial charge in [0.05, 0.1) is 13.1 Å². The van der Waals surface area contributed by atoms with Crippen molar-refractivity contribution >= 4 is 5.91 Å². The van der Waals surface area contributed by atoms with Crippen LogP contribution in [0, 0.1) is 11.8 Å². The van der Waals surface area contributed by atoms with E-state index in [0.717, 1.165) is 44.7 Å². The number of carbonyl (C=O) groups is 1. The number of carbonyl (C=O) groups excluding carboxylic acids is 1. The molecule has 1 aromatic heterocycles. The minimum Gasteiger partial charge on any atom is -0.360 e. The maximum atomic E-state index is 12.0. The van der Waals surface area contributed by atoms with Crippen LogP contribution in [0.25, 0.3) is 0 Å². The van der Waals surface area contributed by atoms with Crippen molar-refractivity contribution in [3.05, 3.63) is 52.9 Å². The minimum atomic E-state index is -0.225. The van der Waals surface area contributed by atoms with Crippen molar-refractivity contribution in [2.75, 3.05) is 19.6 Å². The maximum Gasteiger partial charge on any atom is 0.274 e. The van der Waals surface area contributed by atoms with Crippen molar-refractivity contribution in [3.63, 3.8) is 0 Å². The Balaban J connectivity index is 1.22. The molecule has 1 N–H and O–H groups in total. The Morgan fingerprint density at radius 3 is 2.96 bits per heavy atom. The van der Waals surface area contributed by atoms with Crippen molar-refractivity contribution in [1.82, 2.24) is 15.4 Å². The smallest absolute Gasteiger partial charge is 0.274 e. The maximum absolute atomic E-state index is 12.0. The summed E-state index contributed by atoms with van der Waals surface area (Å²) in [5, 5.41) is 6.60. The van der Waals surface area contributed by atoms with Crippen LogP contribution in [0.15, 0.2) is 34.9 Å². The number of hydrogen-bond acceptors (Lipinski definition) is 4. The first-order valence-electron chi connectivity index (χ1n) is 8.79. The predicted octanol–water partition coefficient (Wildman–Crippen LogP) is 2.34. The van der Waals surface area contributed by atoms with E-state index in [0.29, 0.717) is 18.2 Å². The molecule has 0 saturated heterocycles. The van der Waals surface area contributed by atoms with Crippen LogP contribution in [-0.4, -0.2) is 35.6 Å². The molecule has 25 heavy (non-hydrogen) atoms. The van der Waals surface area contributed by atoms with E-state index in [-0.39, 0.29) is 5.91 Å². The first-order chi connectivity index (χ1) is 12.3. The number of rotatable bonds is 4. The van der Waals surface area contributed by atoms with Gasteiger partial charge in [0, 0.05) is 25.1 Å². The first kappa shape index (κ1) is 15.9. The third-order valence-corrected chi connectivity index (χ3v) is 4.72. The lowest BCUT2D eigenvalue weighted by atomic mass is 10.0. The van der Waals surface area contributed by atoms with Gasteiger partial charge in [-0.3, -0.25) is 9.69 Å². The van der Waals surface area contributed by atoms with Crippen LogP contribution in [0.4, 0.5) is 0 Å². The largest absolute Gasteiger partial charge is 0.360 e. The highest BCUT2D eigenvalue weighted by atomic mass is 16.5. The van der Waals surface area contributed by atoms with Gasteiger partial charge < -0.3 is 9.84 Å². The van der Waals surface area contributed by atoms with Crippen LogP contribution in [-0.2, 0) is 13.0 Å². The highest BCUT2D eigenvalue weighted by molar-refractivity contribution is 5.92. The fourth-order valence-corrected chi connectivity index (χ4v) is 3.09. The number of hydrogen-bond donors (Lipinski definition) is 1. The first-order valence-corrected chi connectivity index (χ1v) is 8.79. The summed E-state index contributed by atoms with van der Waals surface area (Å²) in [6.07, 6.45) is 3.33. The predicted molar refractivity (Wildman–Crippen MR) is 94.0 cm³/mol. The van der Waals surface area contributed by atoms with Crippen molar-refractivity contribution in [2.24, 2.45) is 0 Å². The van der Waals surface area contributed by atoms with Gasteiger partial charge >= 0.3 is 0 Å². The summed E-state index contributed by atoms with van der Waals surface area (Å²) in [4.78, 5) is 14.3. The molecule has 5 heteroatoms. The third-order valence-electron chi connectivity index (χ3n) is 4.72. The van der Waals surface area contributed by atoms with Crippen LogP contribution in [0.1, 0.15) is 46.1 Å². The van der Waals surface area contributed by atoms with Gasteiger partial charge in [-0.2, -0.15) is 0 Å². The Morgan fingerprint density at radius 1 is 1.28 bits per heavy atom. The van der Waals surface area contributed by atoms with Gasteiger partial charge in [0.15, 0.2) is 5.69 Å². The molecule has 5 nitrogen and oxygen atoms in total. The second-order valence-corrected chi connectivity index (χ2v) is 6.65. The summed E-state index contributed by atoms with van der Waals surface area (Å²) in [6.45, 7) is 3.02. The van der Waals surface area contributed by atoms with E-state index in [4.69, 9.17) is 4.52 Å². The Hall–Kier alpha value is -2.58. The molecule has 0 spiro atoms. The summed E-state index contributed by atoms with van der Waals surface area (Å²) in [6, 6.07) is 10.3. The standard InChI is InChI=1S/C20H21N3O2/c24-20(18-13-19(25-22-18)16-7-8-16)21-10-3-4-11-23-12-9-15-5-1-2-6-17(15)14-23/h1-2,5-6,13,16H,7-12,14H2,(H,21,24). The number of fused-ring (bicyclic) bond motifs is 1. The Bertz CT molecular complexity index is 827. The monoisotopic (exact) mass is 335 g/mol. The van der Waals surface area contributed by atoms with Gasteiger partial charge in [0.25, 0.3) is 5.91 Å². The minimum absolute atomic E-state index is 0.225. The average molecular weight is 335 g/mol. The zero-order valence-corrected chi connectivity index (χ0v) is 14.1. The van der Waals surface area contributed by atoms with E-state index in [2.05, 4.69) is 51.5 Å². The summed E-state index contributed by atoms with van der Waals surface area (Å²) in [5.41, 5.74) is 3.18. The third kappa shape index (κ3) is 3.92. The fraction of sp³-hybridized carbons (Fsp3) is 0.400. The van der Waals surface area contributed by atoms with Crippen molar-refractivity contribution < 1.29 is 9.32 Å². The quantitative estimate of drug-likeness (QED) is 0.872. The number of nitrogens with one attached hydrogen (secondary N) is 1. The molecule has 1 fully saturated rings. The van der Waals surface area contributed by atoms with E-state index >= 15 is 0 Å². The van der Waals surface area contributed by atoms with Gasteiger partial charge in [0.1, 0.15) is 5.76 Å². The highest BCUT2D eigenvalue weighted by Crippen LogP contribution is 2.40. The Morgan fingerprint density at radius 2 is 2.12 bits per heavy atom.